The van der Waals surface area contributed by atoms with Crippen LogP contribution in [0.1, 0.15) is 13.3 Å². The van der Waals surface area contributed by atoms with Gasteiger partial charge >= 0.3 is 6.17 Å². The minimum atomic E-state index is -1.18. The summed E-state index contributed by atoms with van der Waals surface area (Å²) >= 11 is 0. The molecule has 0 saturated carbocycles. The minimum absolute atomic E-state index is 0.198. The lowest BCUT2D eigenvalue weighted by molar-refractivity contribution is -0.531. The maximum absolute atomic E-state index is 10.9. The molecule has 64 valence electrons. The molecule has 0 aromatic heterocycles. The molecule has 5 heteroatoms. The van der Waals surface area contributed by atoms with Gasteiger partial charge in [0, 0.05) is 11.3 Å². The maximum atomic E-state index is 10.9. The number of ketones is 1. The van der Waals surface area contributed by atoms with Gasteiger partial charge in [0.15, 0.2) is 0 Å². The van der Waals surface area contributed by atoms with Crippen molar-refractivity contribution in [2.24, 2.45) is 0 Å². The molecule has 0 bridgehead atoms. The first-order chi connectivity index (χ1) is 5.00. The van der Waals surface area contributed by atoms with Gasteiger partial charge in [0.25, 0.3) is 0 Å². The molecule has 0 aliphatic carbocycles. The Hall–Kier alpha value is -0.970. The first-order valence-electron chi connectivity index (χ1n) is 3.33. The average molecular weight is 160 g/mol. The normalized spacial score (nSPS) is 13.1. The highest BCUT2D eigenvalue weighted by Gasteiger charge is 2.29. The number of rotatable bonds is 4. The average Bonchev–Trinajstić information content (AvgIpc) is 1.85. The van der Waals surface area contributed by atoms with Gasteiger partial charge < -0.3 is 0 Å². The molecule has 0 N–H and O–H groups in total. The minimum Gasteiger partial charge on any atom is -0.290 e. The summed E-state index contributed by atoms with van der Waals surface area (Å²) in [6.45, 7) is 1.61. The van der Waals surface area contributed by atoms with Gasteiger partial charge in [-0.2, -0.15) is 0 Å². The first kappa shape index (κ1) is 10.0. The van der Waals surface area contributed by atoms with Crippen LogP contribution in [0.5, 0.6) is 0 Å². The van der Waals surface area contributed by atoms with E-state index in [4.69, 9.17) is 0 Å². The third-order valence-electron chi connectivity index (χ3n) is 1.33. The SMILES string of the molecule is CCC(=O)C(N(C)C)[N+](=O)[O-]. The molecule has 11 heavy (non-hydrogen) atoms. The van der Waals surface area contributed by atoms with Crippen molar-refractivity contribution in [1.82, 2.24) is 4.90 Å². The van der Waals surface area contributed by atoms with Crippen molar-refractivity contribution >= 4 is 5.78 Å². The molecule has 0 amide bonds. The molecule has 0 aliphatic heterocycles. The summed E-state index contributed by atoms with van der Waals surface area (Å²) in [6, 6.07) is 0. The summed E-state index contributed by atoms with van der Waals surface area (Å²) < 4.78 is 0. The van der Waals surface area contributed by atoms with E-state index >= 15 is 0 Å². The molecule has 0 aliphatic rings. The maximum Gasteiger partial charge on any atom is 0.326 e. The fourth-order valence-corrected chi connectivity index (χ4v) is 0.777. The zero-order chi connectivity index (χ0) is 9.02. The summed E-state index contributed by atoms with van der Waals surface area (Å²) in [5.74, 6) is -0.361. The monoisotopic (exact) mass is 160 g/mol. The van der Waals surface area contributed by atoms with Crippen molar-refractivity contribution in [3.05, 3.63) is 10.1 Å². The number of carbonyl (C=O) groups excluding carboxylic acids is 1. The van der Waals surface area contributed by atoms with Crippen molar-refractivity contribution < 1.29 is 9.72 Å². The summed E-state index contributed by atoms with van der Waals surface area (Å²) in [6.07, 6.45) is -0.982. The number of Topliss-reactive ketones (excluding diaryl/α,β-unsaturated/α-hetero) is 1. The Labute approximate surface area is 65.1 Å². The second-order valence-corrected chi connectivity index (χ2v) is 2.44. The van der Waals surface area contributed by atoms with Gasteiger partial charge in [-0.15, -0.1) is 0 Å². The van der Waals surface area contributed by atoms with Gasteiger partial charge in [0.05, 0.1) is 0 Å². The predicted molar refractivity (Wildman–Crippen MR) is 39.8 cm³/mol. The Bertz CT molecular complexity index is 167. The molecule has 0 fully saturated rings. The zero-order valence-electron chi connectivity index (χ0n) is 6.90. The number of likely N-dealkylation sites (N-methyl/N-ethyl adjacent to an activating group) is 1. The van der Waals surface area contributed by atoms with E-state index in [1.807, 2.05) is 0 Å². The van der Waals surface area contributed by atoms with Gasteiger partial charge in [-0.3, -0.25) is 14.9 Å². The van der Waals surface area contributed by atoms with Crippen LogP contribution in [0.4, 0.5) is 0 Å². The van der Waals surface area contributed by atoms with Crippen LogP contribution in [0, 0.1) is 10.1 Å². The number of carbonyl (C=O) groups is 1. The van der Waals surface area contributed by atoms with Gasteiger partial charge in [-0.1, -0.05) is 6.92 Å². The summed E-state index contributed by atoms with van der Waals surface area (Å²) in [7, 11) is 3.03. The molecule has 0 aromatic rings. The topological polar surface area (TPSA) is 63.5 Å². The van der Waals surface area contributed by atoms with E-state index < -0.39 is 11.1 Å². The number of nitro groups is 1. The van der Waals surface area contributed by atoms with Crippen LogP contribution in [-0.2, 0) is 4.79 Å². The van der Waals surface area contributed by atoms with E-state index in [0.717, 1.165) is 0 Å². The summed E-state index contributed by atoms with van der Waals surface area (Å²) in [5, 5.41) is 10.3. The van der Waals surface area contributed by atoms with Crippen LogP contribution in [0.25, 0.3) is 0 Å². The first-order valence-corrected chi connectivity index (χ1v) is 3.33. The van der Waals surface area contributed by atoms with Gasteiger partial charge in [0.2, 0.25) is 5.78 Å². The molecule has 1 atom stereocenters. The third-order valence-corrected chi connectivity index (χ3v) is 1.33. The van der Waals surface area contributed by atoms with Crippen molar-refractivity contribution in [3.8, 4) is 0 Å². The van der Waals surface area contributed by atoms with Crippen LogP contribution < -0.4 is 0 Å². The predicted octanol–water partition coefficient (Wildman–Crippen LogP) is 0.130. The largest absolute Gasteiger partial charge is 0.326 e. The fraction of sp³-hybridized carbons (Fsp3) is 0.833. The van der Waals surface area contributed by atoms with Gasteiger partial charge in [-0.25, -0.2) is 4.90 Å². The Kier molecular flexibility index (Phi) is 3.67. The molecular formula is C6H12N2O3. The lowest BCUT2D eigenvalue weighted by Gasteiger charge is -2.13. The molecule has 1 unspecified atom stereocenters. The number of nitrogens with zero attached hydrogens (tertiary/aromatic N) is 2. The van der Waals surface area contributed by atoms with Crippen LogP contribution in [0.15, 0.2) is 0 Å². The highest BCUT2D eigenvalue weighted by molar-refractivity contribution is 5.81. The molecule has 5 nitrogen and oxygen atoms in total. The summed E-state index contributed by atoms with van der Waals surface area (Å²) in [5.41, 5.74) is 0. The van der Waals surface area contributed by atoms with E-state index in [1.165, 1.54) is 19.0 Å². The Morgan fingerprint density at radius 1 is 1.64 bits per heavy atom. The fourth-order valence-electron chi connectivity index (χ4n) is 0.777. The Balaban J connectivity index is 4.34. The highest BCUT2D eigenvalue weighted by Crippen LogP contribution is 1.98. The van der Waals surface area contributed by atoms with E-state index in [0.29, 0.717) is 0 Å². The molecule has 0 saturated heterocycles. The molecule has 0 radical (unpaired) electrons. The molecule has 0 heterocycles. The highest BCUT2D eigenvalue weighted by atomic mass is 16.6. The van der Waals surface area contributed by atoms with Crippen molar-refractivity contribution in [2.75, 3.05) is 14.1 Å². The van der Waals surface area contributed by atoms with E-state index in [1.54, 1.807) is 6.92 Å². The zero-order valence-corrected chi connectivity index (χ0v) is 6.90. The van der Waals surface area contributed by atoms with Crippen LogP contribution in [0.2, 0.25) is 0 Å². The van der Waals surface area contributed by atoms with Crippen molar-refractivity contribution in [2.45, 2.75) is 19.5 Å². The van der Waals surface area contributed by atoms with Gasteiger partial charge in [0.1, 0.15) is 0 Å². The second kappa shape index (κ2) is 4.02. The molecule has 0 spiro atoms. The second-order valence-electron chi connectivity index (χ2n) is 2.44. The van der Waals surface area contributed by atoms with E-state index in [9.17, 15) is 14.9 Å². The lowest BCUT2D eigenvalue weighted by Crippen LogP contribution is -2.41. The standard InChI is InChI=1S/C6H12N2O3/c1-4-5(9)6(7(2)3)8(10)11/h6H,4H2,1-3H3. The van der Waals surface area contributed by atoms with Crippen LogP contribution in [-0.4, -0.2) is 35.9 Å². The number of hydrogen-bond acceptors (Lipinski definition) is 4. The molecule has 0 rings (SSSR count). The molecular weight excluding hydrogens is 148 g/mol. The van der Waals surface area contributed by atoms with Crippen molar-refractivity contribution in [1.29, 1.82) is 0 Å². The van der Waals surface area contributed by atoms with E-state index in [-0.39, 0.29) is 12.2 Å². The number of hydrogen-bond donors (Lipinski definition) is 0. The Morgan fingerprint density at radius 2 is 2.09 bits per heavy atom. The molecule has 0 aromatic carbocycles. The summed E-state index contributed by atoms with van der Waals surface area (Å²) in [4.78, 5) is 21.9. The Morgan fingerprint density at radius 3 is 2.18 bits per heavy atom. The lowest BCUT2D eigenvalue weighted by atomic mass is 10.2. The quantitative estimate of drug-likeness (QED) is 0.333. The third kappa shape index (κ3) is 2.63. The van der Waals surface area contributed by atoms with Gasteiger partial charge in [-0.05, 0) is 14.1 Å². The van der Waals surface area contributed by atoms with Crippen LogP contribution in [0.3, 0.4) is 0 Å². The smallest absolute Gasteiger partial charge is 0.290 e. The van der Waals surface area contributed by atoms with E-state index in [2.05, 4.69) is 0 Å². The van der Waals surface area contributed by atoms with Crippen LogP contribution >= 0.6 is 0 Å². The van der Waals surface area contributed by atoms with Crippen molar-refractivity contribution in [3.63, 3.8) is 0 Å².